The Morgan fingerprint density at radius 3 is 2.59 bits per heavy atom. The van der Waals surface area contributed by atoms with E-state index in [2.05, 4.69) is 41.3 Å². The number of ether oxygens (including phenoxy) is 2. The first kappa shape index (κ1) is 14.4. The van der Waals surface area contributed by atoms with Crippen LogP contribution in [0, 0.1) is 0 Å². The molecule has 0 radical (unpaired) electrons. The summed E-state index contributed by atoms with van der Waals surface area (Å²) in [7, 11) is 1.25. The number of methoxy groups -OCH3 is 1. The van der Waals surface area contributed by atoms with Gasteiger partial charge in [-0.3, -0.25) is 0 Å². The fraction of sp³-hybridized carbons (Fsp3) is 0.300. The molecule has 0 aliphatic carbocycles. The molecule has 94 valence electrons. The molecule has 3 nitrogen and oxygen atoms in total. The Kier molecular flexibility index (Phi) is 5.32. The summed E-state index contributed by atoms with van der Waals surface area (Å²) >= 11 is 6.29. The molecule has 0 aromatic heterocycles. The third-order valence-electron chi connectivity index (χ3n) is 1.90. The van der Waals surface area contributed by atoms with Gasteiger partial charge in [-0.1, -0.05) is 15.9 Å². The molecule has 1 rings (SSSR count). The first-order valence-corrected chi connectivity index (χ1v) is 6.32. The fourth-order valence-electron chi connectivity index (χ4n) is 1.24. The summed E-state index contributed by atoms with van der Waals surface area (Å²) in [5.74, 6) is -0.566. The van der Waals surface area contributed by atoms with Gasteiger partial charge in [-0.25, -0.2) is 4.79 Å². The molecule has 0 saturated heterocycles. The van der Waals surface area contributed by atoms with Crippen LogP contribution >= 0.6 is 31.9 Å². The summed E-state index contributed by atoms with van der Waals surface area (Å²) in [4.78, 5) is 11.5. The van der Waals surface area contributed by atoms with Crippen LogP contribution in [0.15, 0.2) is 16.6 Å². The van der Waals surface area contributed by atoms with Crippen LogP contribution in [0.1, 0.15) is 15.9 Å². The first-order chi connectivity index (χ1) is 7.99. The van der Waals surface area contributed by atoms with Gasteiger partial charge in [0.2, 0.25) is 0 Å². The number of rotatable bonds is 4. The van der Waals surface area contributed by atoms with Gasteiger partial charge >= 0.3 is 12.6 Å². The second-order valence-corrected chi connectivity index (χ2v) is 4.36. The van der Waals surface area contributed by atoms with Gasteiger partial charge in [0.05, 0.1) is 12.7 Å². The molecule has 0 heterocycles. The molecule has 17 heavy (non-hydrogen) atoms. The van der Waals surface area contributed by atoms with Crippen LogP contribution in [0.25, 0.3) is 0 Å². The van der Waals surface area contributed by atoms with Gasteiger partial charge in [-0.2, -0.15) is 8.78 Å². The number of carbonyl (C=O) groups is 1. The number of benzene rings is 1. The van der Waals surface area contributed by atoms with Gasteiger partial charge in [-0.05, 0) is 33.6 Å². The first-order valence-electron chi connectivity index (χ1n) is 4.41. The van der Waals surface area contributed by atoms with Gasteiger partial charge in [0, 0.05) is 9.80 Å². The standard InChI is InChI=1S/C10H8Br2F2O3/c1-16-9(15)8-5(4-11)2-6(3-7(8)12)17-10(13)14/h2-3,10H,4H2,1H3. The van der Waals surface area contributed by atoms with Crippen molar-refractivity contribution in [3.8, 4) is 5.75 Å². The van der Waals surface area contributed by atoms with Crippen LogP contribution in [0.5, 0.6) is 5.75 Å². The summed E-state index contributed by atoms with van der Waals surface area (Å²) in [6.07, 6.45) is 0. The van der Waals surface area contributed by atoms with Crippen molar-refractivity contribution in [1.29, 1.82) is 0 Å². The van der Waals surface area contributed by atoms with Crippen molar-refractivity contribution >= 4 is 37.8 Å². The molecule has 0 saturated carbocycles. The minimum absolute atomic E-state index is 0.0195. The Morgan fingerprint density at radius 1 is 1.47 bits per heavy atom. The van der Waals surface area contributed by atoms with E-state index in [0.29, 0.717) is 15.4 Å². The number of carbonyl (C=O) groups excluding carboxylic acids is 1. The molecule has 1 aromatic carbocycles. The van der Waals surface area contributed by atoms with E-state index in [1.54, 1.807) is 0 Å². The Labute approximate surface area is 113 Å². The molecule has 0 fully saturated rings. The maximum atomic E-state index is 12.1. The third kappa shape index (κ3) is 3.64. The lowest BCUT2D eigenvalue weighted by Gasteiger charge is -2.11. The SMILES string of the molecule is COC(=O)c1c(Br)cc(OC(F)F)cc1CBr. The summed E-state index contributed by atoms with van der Waals surface area (Å²) in [6.45, 7) is -2.91. The van der Waals surface area contributed by atoms with Crippen molar-refractivity contribution in [2.45, 2.75) is 11.9 Å². The number of hydrogen-bond donors (Lipinski definition) is 0. The molecule has 0 unspecified atom stereocenters. The van der Waals surface area contributed by atoms with Gasteiger partial charge in [0.15, 0.2) is 0 Å². The zero-order valence-electron chi connectivity index (χ0n) is 8.68. The number of hydrogen-bond acceptors (Lipinski definition) is 3. The monoisotopic (exact) mass is 372 g/mol. The van der Waals surface area contributed by atoms with E-state index in [1.165, 1.54) is 19.2 Å². The smallest absolute Gasteiger partial charge is 0.387 e. The van der Waals surface area contributed by atoms with Crippen LogP contribution in [0.3, 0.4) is 0 Å². The predicted molar refractivity (Wildman–Crippen MR) is 64.7 cm³/mol. The predicted octanol–water partition coefficient (Wildman–Crippen LogP) is 3.73. The summed E-state index contributed by atoms with van der Waals surface area (Å²) in [5.41, 5.74) is 0.785. The van der Waals surface area contributed by atoms with E-state index in [9.17, 15) is 13.6 Å². The van der Waals surface area contributed by atoms with Crippen molar-refractivity contribution in [1.82, 2.24) is 0 Å². The highest BCUT2D eigenvalue weighted by atomic mass is 79.9. The second-order valence-electron chi connectivity index (χ2n) is 2.94. The minimum Gasteiger partial charge on any atom is -0.465 e. The maximum absolute atomic E-state index is 12.1. The van der Waals surface area contributed by atoms with Crippen LogP contribution in [0.4, 0.5) is 8.78 Å². The van der Waals surface area contributed by atoms with Crippen LogP contribution in [-0.2, 0) is 10.1 Å². The van der Waals surface area contributed by atoms with E-state index in [0.717, 1.165) is 0 Å². The number of esters is 1. The molecule has 0 N–H and O–H groups in total. The van der Waals surface area contributed by atoms with Gasteiger partial charge in [-0.15, -0.1) is 0 Å². The second kappa shape index (κ2) is 6.30. The van der Waals surface area contributed by atoms with Crippen LogP contribution in [-0.4, -0.2) is 19.7 Å². The molecule has 0 aliphatic heterocycles. The number of alkyl halides is 3. The maximum Gasteiger partial charge on any atom is 0.387 e. The largest absolute Gasteiger partial charge is 0.465 e. The third-order valence-corrected chi connectivity index (χ3v) is 3.13. The van der Waals surface area contributed by atoms with E-state index in [-0.39, 0.29) is 11.3 Å². The Bertz CT molecular complexity index is 424. The van der Waals surface area contributed by atoms with Gasteiger partial charge in [0.1, 0.15) is 5.75 Å². The highest BCUT2D eigenvalue weighted by Gasteiger charge is 2.18. The lowest BCUT2D eigenvalue weighted by atomic mass is 10.1. The van der Waals surface area contributed by atoms with Crippen molar-refractivity contribution in [3.63, 3.8) is 0 Å². The number of halogens is 4. The lowest BCUT2D eigenvalue weighted by Crippen LogP contribution is -2.08. The zero-order chi connectivity index (χ0) is 13.0. The Morgan fingerprint density at radius 2 is 2.12 bits per heavy atom. The van der Waals surface area contributed by atoms with Crippen LogP contribution < -0.4 is 4.74 Å². The topological polar surface area (TPSA) is 35.5 Å². The van der Waals surface area contributed by atoms with E-state index < -0.39 is 12.6 Å². The highest BCUT2D eigenvalue weighted by molar-refractivity contribution is 9.10. The van der Waals surface area contributed by atoms with E-state index in [4.69, 9.17) is 0 Å². The lowest BCUT2D eigenvalue weighted by molar-refractivity contribution is -0.0499. The Balaban J connectivity index is 3.20. The highest BCUT2D eigenvalue weighted by Crippen LogP contribution is 2.30. The summed E-state index contributed by atoms with van der Waals surface area (Å²) in [5, 5.41) is 0.316. The molecule has 0 aliphatic rings. The van der Waals surface area contributed by atoms with Gasteiger partial charge < -0.3 is 9.47 Å². The molecule has 0 spiro atoms. The zero-order valence-corrected chi connectivity index (χ0v) is 11.8. The van der Waals surface area contributed by atoms with Gasteiger partial charge in [0.25, 0.3) is 0 Å². The van der Waals surface area contributed by atoms with Crippen molar-refractivity contribution in [3.05, 3.63) is 27.7 Å². The summed E-state index contributed by atoms with van der Waals surface area (Å²) in [6, 6.07) is 2.66. The fourth-order valence-corrected chi connectivity index (χ4v) is 2.33. The van der Waals surface area contributed by atoms with E-state index in [1.807, 2.05) is 0 Å². The molecular formula is C10H8Br2F2O3. The quantitative estimate of drug-likeness (QED) is 0.595. The Hall–Kier alpha value is -0.690. The molecular weight excluding hydrogens is 366 g/mol. The molecule has 0 amide bonds. The van der Waals surface area contributed by atoms with Crippen molar-refractivity contribution in [2.75, 3.05) is 7.11 Å². The molecule has 1 aromatic rings. The average molecular weight is 374 g/mol. The summed E-state index contributed by atoms with van der Waals surface area (Å²) < 4.78 is 33.4. The normalized spacial score (nSPS) is 10.5. The van der Waals surface area contributed by atoms with Crippen LogP contribution in [0.2, 0.25) is 0 Å². The van der Waals surface area contributed by atoms with Crippen molar-refractivity contribution < 1.29 is 23.0 Å². The molecule has 0 atom stereocenters. The van der Waals surface area contributed by atoms with Crippen molar-refractivity contribution in [2.24, 2.45) is 0 Å². The van der Waals surface area contributed by atoms with E-state index >= 15 is 0 Å². The molecule has 0 bridgehead atoms. The molecule has 7 heteroatoms. The minimum atomic E-state index is -2.91. The average Bonchev–Trinajstić information content (AvgIpc) is 2.26.